The number of nitrogens with zero attached hydrogens (tertiary/aromatic N) is 4. The van der Waals surface area contributed by atoms with Gasteiger partial charge >= 0.3 is 0 Å². The molecule has 3 rings (SSSR count). The SMILES string of the molecule is Cc1cc(N(C)C)nc(NCCNC(=O)c2cc3ccccn3c2)n1. The van der Waals surface area contributed by atoms with Crippen molar-refractivity contribution in [1.82, 2.24) is 19.7 Å². The van der Waals surface area contributed by atoms with Crippen molar-refractivity contribution in [2.75, 3.05) is 37.4 Å². The number of rotatable bonds is 6. The number of pyridine rings is 1. The summed E-state index contributed by atoms with van der Waals surface area (Å²) in [5, 5.41) is 6.05. The molecule has 0 atom stereocenters. The maximum absolute atomic E-state index is 12.2. The predicted octanol–water partition coefficient (Wildman–Crippen LogP) is 1.95. The predicted molar refractivity (Wildman–Crippen MR) is 99.3 cm³/mol. The fourth-order valence-electron chi connectivity index (χ4n) is 2.49. The van der Waals surface area contributed by atoms with Crippen molar-refractivity contribution in [2.45, 2.75) is 6.92 Å². The second kappa shape index (κ2) is 7.21. The molecule has 130 valence electrons. The van der Waals surface area contributed by atoms with Gasteiger partial charge in [0.05, 0.1) is 5.56 Å². The minimum absolute atomic E-state index is 0.0929. The van der Waals surface area contributed by atoms with E-state index in [0.717, 1.165) is 17.0 Å². The molecule has 3 heterocycles. The van der Waals surface area contributed by atoms with Crippen molar-refractivity contribution in [1.29, 1.82) is 0 Å². The van der Waals surface area contributed by atoms with E-state index in [1.54, 1.807) is 0 Å². The normalized spacial score (nSPS) is 10.7. The molecule has 0 saturated carbocycles. The molecule has 3 aromatic rings. The number of anilines is 2. The van der Waals surface area contributed by atoms with Gasteiger partial charge in [-0.25, -0.2) is 4.98 Å². The van der Waals surface area contributed by atoms with E-state index in [1.165, 1.54) is 0 Å². The first kappa shape index (κ1) is 16.8. The highest BCUT2D eigenvalue weighted by atomic mass is 16.1. The Morgan fingerprint density at radius 1 is 1.20 bits per heavy atom. The molecule has 0 spiro atoms. The Bertz CT molecular complexity index is 853. The van der Waals surface area contributed by atoms with E-state index in [1.807, 2.05) is 73.0 Å². The van der Waals surface area contributed by atoms with E-state index in [4.69, 9.17) is 0 Å². The topological polar surface area (TPSA) is 74.6 Å². The van der Waals surface area contributed by atoms with Crippen molar-refractivity contribution in [3.63, 3.8) is 0 Å². The quantitative estimate of drug-likeness (QED) is 0.672. The molecule has 0 aromatic carbocycles. The number of aromatic nitrogens is 3. The van der Waals surface area contributed by atoms with Gasteiger partial charge in [-0.3, -0.25) is 4.79 Å². The lowest BCUT2D eigenvalue weighted by molar-refractivity contribution is 0.0955. The second-order valence-corrected chi connectivity index (χ2v) is 6.03. The molecule has 7 nitrogen and oxygen atoms in total. The summed E-state index contributed by atoms with van der Waals surface area (Å²) in [7, 11) is 3.88. The van der Waals surface area contributed by atoms with Crippen LogP contribution in [0.15, 0.2) is 42.7 Å². The molecule has 0 aliphatic carbocycles. The smallest absolute Gasteiger partial charge is 0.252 e. The Hall–Kier alpha value is -3.09. The summed E-state index contributed by atoms with van der Waals surface area (Å²) in [4.78, 5) is 22.9. The molecule has 0 bridgehead atoms. The molecule has 25 heavy (non-hydrogen) atoms. The summed E-state index contributed by atoms with van der Waals surface area (Å²) >= 11 is 0. The third-order valence-electron chi connectivity index (χ3n) is 3.76. The van der Waals surface area contributed by atoms with Gasteiger partial charge in [0.25, 0.3) is 5.91 Å². The molecule has 3 aromatic heterocycles. The Balaban J connectivity index is 1.53. The van der Waals surface area contributed by atoms with E-state index in [0.29, 0.717) is 24.6 Å². The minimum atomic E-state index is -0.0929. The maximum atomic E-state index is 12.2. The van der Waals surface area contributed by atoms with Crippen molar-refractivity contribution in [3.05, 3.63) is 54.0 Å². The van der Waals surface area contributed by atoms with Crippen molar-refractivity contribution in [2.24, 2.45) is 0 Å². The van der Waals surface area contributed by atoms with Gasteiger partial charge in [-0.1, -0.05) is 6.07 Å². The summed E-state index contributed by atoms with van der Waals surface area (Å²) in [5.41, 5.74) is 2.54. The monoisotopic (exact) mass is 338 g/mol. The highest BCUT2D eigenvalue weighted by Gasteiger charge is 2.08. The van der Waals surface area contributed by atoms with Gasteiger partial charge < -0.3 is 19.9 Å². The zero-order chi connectivity index (χ0) is 17.8. The highest BCUT2D eigenvalue weighted by Crippen LogP contribution is 2.12. The van der Waals surface area contributed by atoms with Crippen molar-refractivity contribution < 1.29 is 4.79 Å². The molecule has 7 heteroatoms. The lowest BCUT2D eigenvalue weighted by atomic mass is 10.3. The van der Waals surface area contributed by atoms with Crippen molar-refractivity contribution in [3.8, 4) is 0 Å². The minimum Gasteiger partial charge on any atom is -0.363 e. The van der Waals surface area contributed by atoms with Crippen LogP contribution in [0.4, 0.5) is 11.8 Å². The molecule has 0 fully saturated rings. The van der Waals surface area contributed by atoms with E-state index in [2.05, 4.69) is 20.6 Å². The van der Waals surface area contributed by atoms with Crippen LogP contribution in [0.3, 0.4) is 0 Å². The van der Waals surface area contributed by atoms with Gasteiger partial charge in [-0.15, -0.1) is 0 Å². The zero-order valence-corrected chi connectivity index (χ0v) is 14.7. The summed E-state index contributed by atoms with van der Waals surface area (Å²) in [6.45, 7) is 2.97. The summed E-state index contributed by atoms with van der Waals surface area (Å²) in [6.07, 6.45) is 3.75. The fourth-order valence-corrected chi connectivity index (χ4v) is 2.49. The molecular weight excluding hydrogens is 316 g/mol. The Labute approximate surface area is 146 Å². The number of nitrogens with one attached hydrogen (secondary N) is 2. The van der Waals surface area contributed by atoms with E-state index in [9.17, 15) is 4.79 Å². The molecule has 0 aliphatic rings. The molecule has 0 saturated heterocycles. The maximum Gasteiger partial charge on any atom is 0.252 e. The van der Waals surface area contributed by atoms with Crippen LogP contribution in [0, 0.1) is 6.92 Å². The van der Waals surface area contributed by atoms with Crippen LogP contribution in [0.25, 0.3) is 5.52 Å². The zero-order valence-electron chi connectivity index (χ0n) is 14.7. The van der Waals surface area contributed by atoms with Gasteiger partial charge in [0.1, 0.15) is 5.82 Å². The average molecular weight is 338 g/mol. The standard InChI is InChI=1S/C18H22N6O/c1-13-10-16(23(2)3)22-18(21-13)20-8-7-19-17(25)14-11-15-6-4-5-9-24(15)12-14/h4-6,9-12H,7-8H2,1-3H3,(H,19,25)(H,20,21,22). The lowest BCUT2D eigenvalue weighted by Gasteiger charge is -2.13. The summed E-state index contributed by atoms with van der Waals surface area (Å²) < 4.78 is 1.93. The highest BCUT2D eigenvalue weighted by molar-refractivity contribution is 5.95. The number of hydrogen-bond acceptors (Lipinski definition) is 5. The number of hydrogen-bond donors (Lipinski definition) is 2. The molecular formula is C18H22N6O. The molecule has 0 radical (unpaired) electrons. The number of fused-ring (bicyclic) bond motifs is 1. The average Bonchev–Trinajstić information content (AvgIpc) is 3.02. The second-order valence-electron chi connectivity index (χ2n) is 6.03. The van der Waals surface area contributed by atoms with Gasteiger partial charge in [0.15, 0.2) is 0 Å². The molecule has 0 aliphatic heterocycles. The Kier molecular flexibility index (Phi) is 4.83. The fraction of sp³-hybridized carbons (Fsp3) is 0.278. The molecule has 2 N–H and O–H groups in total. The first-order chi connectivity index (χ1) is 12.0. The van der Waals surface area contributed by atoms with Crippen LogP contribution in [-0.4, -0.2) is 47.5 Å². The largest absolute Gasteiger partial charge is 0.363 e. The third kappa shape index (κ3) is 4.06. The van der Waals surface area contributed by atoms with Crippen LogP contribution < -0.4 is 15.5 Å². The molecule has 1 amide bonds. The van der Waals surface area contributed by atoms with E-state index < -0.39 is 0 Å². The van der Waals surface area contributed by atoms with Crippen LogP contribution in [0.5, 0.6) is 0 Å². The van der Waals surface area contributed by atoms with Crippen LogP contribution in [0.2, 0.25) is 0 Å². The van der Waals surface area contributed by atoms with Gasteiger partial charge in [-0.2, -0.15) is 4.98 Å². The van der Waals surface area contributed by atoms with Crippen LogP contribution >= 0.6 is 0 Å². The van der Waals surface area contributed by atoms with Crippen LogP contribution in [-0.2, 0) is 0 Å². The van der Waals surface area contributed by atoms with E-state index >= 15 is 0 Å². The number of aryl methyl sites for hydroxylation is 1. The number of carbonyl (C=O) groups excluding carboxylic acids is 1. The third-order valence-corrected chi connectivity index (χ3v) is 3.76. The van der Waals surface area contributed by atoms with Gasteiger partial charge in [-0.05, 0) is 25.1 Å². The molecule has 0 unspecified atom stereocenters. The summed E-state index contributed by atoms with van der Waals surface area (Å²) in [5.74, 6) is 1.32. The van der Waals surface area contributed by atoms with Crippen molar-refractivity contribution >= 4 is 23.2 Å². The van der Waals surface area contributed by atoms with Crippen LogP contribution in [0.1, 0.15) is 16.1 Å². The first-order valence-corrected chi connectivity index (χ1v) is 8.15. The Morgan fingerprint density at radius 3 is 2.80 bits per heavy atom. The summed E-state index contributed by atoms with van der Waals surface area (Å²) in [6, 6.07) is 9.64. The first-order valence-electron chi connectivity index (χ1n) is 8.15. The van der Waals surface area contributed by atoms with Gasteiger partial charge in [0, 0.05) is 56.9 Å². The number of amides is 1. The van der Waals surface area contributed by atoms with Gasteiger partial charge in [0.2, 0.25) is 5.95 Å². The Morgan fingerprint density at radius 2 is 2.04 bits per heavy atom. The number of carbonyl (C=O) groups is 1. The lowest BCUT2D eigenvalue weighted by Crippen LogP contribution is -2.29. The van der Waals surface area contributed by atoms with E-state index in [-0.39, 0.29) is 5.91 Å².